The number of aromatic amines is 1. The fourth-order valence-corrected chi connectivity index (χ4v) is 2.24. The van der Waals surface area contributed by atoms with Crippen molar-refractivity contribution in [1.82, 2.24) is 4.98 Å². The molecule has 0 aliphatic carbocycles. The van der Waals surface area contributed by atoms with Gasteiger partial charge in [-0.2, -0.15) is 0 Å². The maximum atomic E-state index is 11.5. The zero-order valence-corrected chi connectivity index (χ0v) is 11.2. The van der Waals surface area contributed by atoms with Gasteiger partial charge in [-0.25, -0.2) is 0 Å². The van der Waals surface area contributed by atoms with Crippen LogP contribution in [0.15, 0.2) is 29.1 Å². The smallest absolute Gasteiger partial charge is 0.251 e. The zero-order chi connectivity index (χ0) is 13.3. The third kappa shape index (κ3) is 2.31. The quantitative estimate of drug-likeness (QED) is 0.871. The van der Waals surface area contributed by atoms with Gasteiger partial charge in [0.15, 0.2) is 0 Å². The average Bonchev–Trinajstić information content (AvgIpc) is 2.30. The summed E-state index contributed by atoms with van der Waals surface area (Å²) in [7, 11) is 0. The van der Waals surface area contributed by atoms with Crippen LogP contribution in [0.3, 0.4) is 0 Å². The summed E-state index contributed by atoms with van der Waals surface area (Å²) in [5, 5.41) is 1.08. The SMILES string of the molecule is Cc1cc2cc(C(C)(C)CCN)ccc2[nH]c1=O. The molecule has 0 aliphatic heterocycles. The van der Waals surface area contributed by atoms with E-state index in [-0.39, 0.29) is 11.0 Å². The van der Waals surface area contributed by atoms with Gasteiger partial charge in [-0.3, -0.25) is 4.79 Å². The minimum Gasteiger partial charge on any atom is -0.330 e. The Morgan fingerprint density at radius 3 is 2.67 bits per heavy atom. The molecule has 1 aromatic carbocycles. The van der Waals surface area contributed by atoms with Crippen molar-refractivity contribution in [3.63, 3.8) is 0 Å². The van der Waals surface area contributed by atoms with Crippen molar-refractivity contribution < 1.29 is 0 Å². The van der Waals surface area contributed by atoms with Crippen LogP contribution in [0.2, 0.25) is 0 Å². The van der Waals surface area contributed by atoms with Gasteiger partial charge in [0, 0.05) is 11.1 Å². The van der Waals surface area contributed by atoms with E-state index in [2.05, 4.69) is 31.0 Å². The first-order chi connectivity index (χ1) is 8.44. The van der Waals surface area contributed by atoms with Crippen molar-refractivity contribution in [1.29, 1.82) is 0 Å². The molecule has 0 fully saturated rings. The number of aromatic nitrogens is 1. The molecule has 1 aromatic heterocycles. The molecular weight excluding hydrogens is 224 g/mol. The number of hydrogen-bond donors (Lipinski definition) is 2. The van der Waals surface area contributed by atoms with Crippen molar-refractivity contribution in [3.8, 4) is 0 Å². The Labute approximate surface area is 107 Å². The van der Waals surface area contributed by atoms with Gasteiger partial charge in [-0.1, -0.05) is 19.9 Å². The van der Waals surface area contributed by atoms with E-state index in [1.807, 2.05) is 19.1 Å². The summed E-state index contributed by atoms with van der Waals surface area (Å²) >= 11 is 0. The molecule has 0 atom stereocenters. The highest BCUT2D eigenvalue weighted by Crippen LogP contribution is 2.28. The molecule has 3 N–H and O–H groups in total. The number of fused-ring (bicyclic) bond motifs is 1. The molecule has 0 bridgehead atoms. The maximum absolute atomic E-state index is 11.5. The summed E-state index contributed by atoms with van der Waals surface area (Å²) in [4.78, 5) is 14.4. The van der Waals surface area contributed by atoms with Crippen molar-refractivity contribution in [2.75, 3.05) is 6.54 Å². The Morgan fingerprint density at radius 1 is 1.28 bits per heavy atom. The fourth-order valence-electron chi connectivity index (χ4n) is 2.24. The van der Waals surface area contributed by atoms with Crippen LogP contribution < -0.4 is 11.3 Å². The van der Waals surface area contributed by atoms with Crippen LogP contribution in [0.5, 0.6) is 0 Å². The highest BCUT2D eigenvalue weighted by Gasteiger charge is 2.19. The monoisotopic (exact) mass is 244 g/mol. The van der Waals surface area contributed by atoms with Gasteiger partial charge >= 0.3 is 0 Å². The number of aryl methyl sites for hydroxylation is 1. The lowest BCUT2D eigenvalue weighted by Gasteiger charge is -2.24. The van der Waals surface area contributed by atoms with Crippen LogP contribution in [0, 0.1) is 6.92 Å². The third-order valence-electron chi connectivity index (χ3n) is 3.58. The molecule has 0 saturated heterocycles. The number of hydrogen-bond acceptors (Lipinski definition) is 2. The molecule has 0 aliphatic rings. The van der Waals surface area contributed by atoms with E-state index in [0.29, 0.717) is 6.54 Å². The zero-order valence-electron chi connectivity index (χ0n) is 11.2. The normalized spacial score (nSPS) is 12.0. The first-order valence-electron chi connectivity index (χ1n) is 6.28. The topological polar surface area (TPSA) is 58.9 Å². The van der Waals surface area contributed by atoms with Crippen molar-refractivity contribution >= 4 is 10.9 Å². The van der Waals surface area contributed by atoms with E-state index >= 15 is 0 Å². The number of nitrogens with one attached hydrogen (secondary N) is 1. The minimum atomic E-state index is -0.0172. The number of pyridine rings is 1. The van der Waals surface area contributed by atoms with Crippen LogP contribution in [-0.4, -0.2) is 11.5 Å². The molecule has 3 heteroatoms. The minimum absolute atomic E-state index is 0.0172. The molecule has 1 heterocycles. The van der Waals surface area contributed by atoms with Crippen LogP contribution >= 0.6 is 0 Å². The molecule has 2 rings (SSSR count). The molecule has 0 amide bonds. The first-order valence-corrected chi connectivity index (χ1v) is 6.28. The summed E-state index contributed by atoms with van der Waals surface area (Å²) < 4.78 is 0. The average molecular weight is 244 g/mol. The Bertz CT molecular complexity index is 626. The van der Waals surface area contributed by atoms with Gasteiger partial charge in [-0.15, -0.1) is 0 Å². The standard InChI is InChI=1S/C15H20N2O/c1-10-8-11-9-12(15(2,3)6-7-16)4-5-13(11)17-14(10)18/h4-5,8-9H,6-7,16H2,1-3H3,(H,17,18). The Kier molecular flexibility index (Phi) is 3.26. The summed E-state index contributed by atoms with van der Waals surface area (Å²) in [6.07, 6.45) is 0.945. The predicted octanol–water partition coefficient (Wildman–Crippen LogP) is 2.46. The van der Waals surface area contributed by atoms with Crippen molar-refractivity contribution in [2.45, 2.75) is 32.6 Å². The van der Waals surface area contributed by atoms with Gasteiger partial charge in [0.25, 0.3) is 5.56 Å². The van der Waals surface area contributed by atoms with Crippen LogP contribution in [0.4, 0.5) is 0 Å². The number of benzene rings is 1. The maximum Gasteiger partial charge on any atom is 0.251 e. The lowest BCUT2D eigenvalue weighted by Crippen LogP contribution is -2.21. The van der Waals surface area contributed by atoms with Gasteiger partial charge in [0.1, 0.15) is 0 Å². The molecule has 96 valence electrons. The lowest BCUT2D eigenvalue weighted by molar-refractivity contribution is 0.488. The molecule has 0 unspecified atom stereocenters. The van der Waals surface area contributed by atoms with Crippen molar-refractivity contribution in [3.05, 3.63) is 45.7 Å². The predicted molar refractivity (Wildman–Crippen MR) is 76.0 cm³/mol. The summed E-state index contributed by atoms with van der Waals surface area (Å²) in [5.74, 6) is 0. The number of rotatable bonds is 3. The Morgan fingerprint density at radius 2 is 2.00 bits per heavy atom. The van der Waals surface area contributed by atoms with E-state index in [1.165, 1.54) is 5.56 Å². The second-order valence-electron chi connectivity index (χ2n) is 5.51. The fraction of sp³-hybridized carbons (Fsp3) is 0.400. The van der Waals surface area contributed by atoms with Crippen molar-refractivity contribution in [2.24, 2.45) is 5.73 Å². The van der Waals surface area contributed by atoms with E-state index in [0.717, 1.165) is 22.9 Å². The third-order valence-corrected chi connectivity index (χ3v) is 3.58. The highest BCUT2D eigenvalue weighted by molar-refractivity contribution is 5.80. The Hall–Kier alpha value is -1.61. The molecular formula is C15H20N2O. The highest BCUT2D eigenvalue weighted by atomic mass is 16.1. The van der Waals surface area contributed by atoms with E-state index in [9.17, 15) is 4.79 Å². The van der Waals surface area contributed by atoms with Gasteiger partial charge in [0.05, 0.1) is 0 Å². The van der Waals surface area contributed by atoms with Gasteiger partial charge < -0.3 is 10.7 Å². The molecule has 18 heavy (non-hydrogen) atoms. The van der Waals surface area contributed by atoms with E-state index in [4.69, 9.17) is 5.73 Å². The molecule has 2 aromatic rings. The van der Waals surface area contributed by atoms with Crippen LogP contribution in [0.1, 0.15) is 31.4 Å². The molecule has 0 radical (unpaired) electrons. The summed E-state index contributed by atoms with van der Waals surface area (Å²) in [6, 6.07) is 8.14. The summed E-state index contributed by atoms with van der Waals surface area (Å²) in [5.41, 5.74) is 8.60. The lowest BCUT2D eigenvalue weighted by atomic mass is 9.81. The second-order valence-corrected chi connectivity index (χ2v) is 5.51. The Balaban J connectivity index is 2.57. The van der Waals surface area contributed by atoms with Crippen LogP contribution in [0.25, 0.3) is 10.9 Å². The second kappa shape index (κ2) is 4.58. The molecule has 0 spiro atoms. The number of nitrogens with two attached hydrogens (primary N) is 1. The molecule has 0 saturated carbocycles. The summed E-state index contributed by atoms with van der Waals surface area (Å²) in [6.45, 7) is 6.89. The van der Waals surface area contributed by atoms with Gasteiger partial charge in [-0.05, 0) is 54.5 Å². The molecule has 3 nitrogen and oxygen atoms in total. The number of H-pyrrole nitrogens is 1. The van der Waals surface area contributed by atoms with E-state index in [1.54, 1.807) is 0 Å². The van der Waals surface area contributed by atoms with E-state index < -0.39 is 0 Å². The van der Waals surface area contributed by atoms with Crippen LogP contribution in [-0.2, 0) is 5.41 Å². The largest absolute Gasteiger partial charge is 0.330 e. The van der Waals surface area contributed by atoms with Gasteiger partial charge in [0.2, 0.25) is 0 Å². The first kappa shape index (κ1) is 12.8.